The number of ketones is 2. The van der Waals surface area contributed by atoms with Crippen LogP contribution in [0.2, 0.25) is 0 Å². The quantitative estimate of drug-likeness (QED) is 0.199. The molecule has 11 heteroatoms. The van der Waals surface area contributed by atoms with Crippen LogP contribution in [0.5, 0.6) is 0 Å². The first-order valence-electron chi connectivity index (χ1n) is 24.7. The zero-order valence-electron chi connectivity index (χ0n) is 39.0. The number of aliphatic hydroxyl groups is 2. The van der Waals surface area contributed by atoms with Gasteiger partial charge in [0.15, 0.2) is 5.78 Å². The molecule has 0 aliphatic heterocycles. The van der Waals surface area contributed by atoms with Gasteiger partial charge in [0, 0.05) is 24.2 Å². The Morgan fingerprint density at radius 1 is 0.712 bits per heavy atom. The van der Waals surface area contributed by atoms with Crippen molar-refractivity contribution in [1.29, 1.82) is 5.26 Å². The number of alkyl halides is 1. The van der Waals surface area contributed by atoms with Gasteiger partial charge in [0.05, 0.1) is 29.3 Å². The second-order valence-corrected chi connectivity index (χ2v) is 24.2. The zero-order chi connectivity index (χ0) is 45.2. The van der Waals surface area contributed by atoms with E-state index in [1.165, 1.54) is 64.2 Å². The van der Waals surface area contributed by atoms with Gasteiger partial charge in [-0.1, -0.05) is 65.9 Å². The van der Waals surface area contributed by atoms with Crippen LogP contribution in [-0.4, -0.2) is 57.8 Å². The first-order chi connectivity index (χ1) is 29.8. The number of hydrogen-bond acceptors (Lipinski definition) is 7. The van der Waals surface area contributed by atoms with E-state index in [0.717, 1.165) is 81.0 Å². The summed E-state index contributed by atoms with van der Waals surface area (Å²) >= 11 is 3.43. The van der Waals surface area contributed by atoms with Crippen molar-refractivity contribution in [1.82, 2.24) is 19.5 Å². The van der Waals surface area contributed by atoms with E-state index in [1.54, 1.807) is 29.4 Å². The summed E-state index contributed by atoms with van der Waals surface area (Å²) in [6.07, 6.45) is 27.3. The summed E-state index contributed by atoms with van der Waals surface area (Å²) in [5, 5.41) is 31.1. The van der Waals surface area contributed by atoms with Gasteiger partial charge in [0.2, 0.25) is 5.82 Å². The van der Waals surface area contributed by atoms with Gasteiger partial charge in [-0.2, -0.15) is 10.2 Å². The SMILES string of the molecule is C.C.C.C[C@@]1(O)CC[C@@]2(C)[C@H](CC[C@@H]3[C@@H]2CC[C@]2(C)[C@@H](C(=O)CBr)CC[C@@H]32)C1.C[C@@]1(O)CC[C@@]2(C)[C@H](CC[C@@H]3[C@@H]2CC[C@]2(C)[C@@H](C(=O)Cn4ccnc4C#N)CC[C@@H]32)C1.[C-]#[N+]c1ncc[nH]1. The van der Waals surface area contributed by atoms with Crippen molar-refractivity contribution < 1.29 is 19.8 Å². The highest BCUT2D eigenvalue weighted by Gasteiger charge is 2.63. The Bertz CT molecular complexity index is 2070. The molecule has 10 rings (SSSR count). The molecule has 0 amide bonds. The van der Waals surface area contributed by atoms with Crippen LogP contribution < -0.4 is 0 Å². The number of Topliss-reactive ketones (excluding diaryl/α,β-unsaturated/α-hetero) is 2. The van der Waals surface area contributed by atoms with Crippen molar-refractivity contribution in [3.8, 4) is 6.07 Å². The van der Waals surface area contributed by atoms with Crippen LogP contribution in [0.3, 0.4) is 0 Å². The van der Waals surface area contributed by atoms with E-state index in [9.17, 15) is 25.1 Å². The maximum Gasteiger partial charge on any atom is 0.336 e. The van der Waals surface area contributed by atoms with E-state index in [-0.39, 0.29) is 57.3 Å². The minimum atomic E-state index is -0.485. The molecule has 0 spiro atoms. The first-order valence-corrected chi connectivity index (χ1v) is 25.8. The number of H-pyrrole nitrogens is 1. The fourth-order valence-electron chi connectivity index (χ4n) is 17.2. The third-order valence-electron chi connectivity index (χ3n) is 20.5. The number of fused-ring (bicyclic) bond motifs is 10. The highest BCUT2D eigenvalue weighted by Crippen LogP contribution is 2.70. The Kier molecular flexibility index (Phi) is 16.6. The van der Waals surface area contributed by atoms with Crippen LogP contribution in [0.4, 0.5) is 5.95 Å². The normalized spacial score (nSPS) is 43.6. The molecule has 0 radical (unpaired) electrons. The van der Waals surface area contributed by atoms with E-state index in [0.29, 0.717) is 51.5 Å². The molecule has 66 heavy (non-hydrogen) atoms. The van der Waals surface area contributed by atoms with Crippen LogP contribution in [0.15, 0.2) is 24.8 Å². The molecule has 0 unspecified atom stereocenters. The lowest BCUT2D eigenvalue weighted by Crippen LogP contribution is -2.55. The topological polar surface area (TPSA) is 149 Å². The molecule has 3 N–H and O–H groups in total. The predicted octanol–water partition coefficient (Wildman–Crippen LogP) is 13.0. The average Bonchev–Trinajstić information content (AvgIpc) is 4.07. The number of nitrogens with zero attached hydrogens (tertiary/aromatic N) is 5. The Hall–Kier alpha value is -2.86. The number of rotatable bonds is 5. The molecule has 2 heterocycles. The Morgan fingerprint density at radius 2 is 1.20 bits per heavy atom. The molecule has 368 valence electrons. The van der Waals surface area contributed by atoms with Crippen LogP contribution in [0.25, 0.3) is 4.85 Å². The van der Waals surface area contributed by atoms with Gasteiger partial charge in [-0.05, 0) is 198 Å². The number of carbonyl (C=O) groups is 2. The summed E-state index contributed by atoms with van der Waals surface area (Å²) in [6, 6.07) is 2.09. The van der Waals surface area contributed by atoms with Crippen molar-refractivity contribution in [3.63, 3.8) is 0 Å². The van der Waals surface area contributed by atoms with E-state index < -0.39 is 11.2 Å². The summed E-state index contributed by atoms with van der Waals surface area (Å²) < 4.78 is 1.71. The summed E-state index contributed by atoms with van der Waals surface area (Å²) in [5.41, 5.74) is 0.184. The number of imidazole rings is 2. The number of aromatic nitrogens is 4. The van der Waals surface area contributed by atoms with Crippen molar-refractivity contribution in [2.45, 2.75) is 197 Å². The van der Waals surface area contributed by atoms with Crippen LogP contribution in [0.1, 0.15) is 185 Å². The average molecular weight is 976 g/mol. The van der Waals surface area contributed by atoms with Crippen molar-refractivity contribution in [2.24, 2.45) is 80.8 Å². The monoisotopic (exact) mass is 975 g/mol. The van der Waals surface area contributed by atoms with E-state index in [2.05, 4.69) is 69.5 Å². The molecule has 0 saturated heterocycles. The Balaban J connectivity index is 0.000000210. The van der Waals surface area contributed by atoms with Gasteiger partial charge in [0.25, 0.3) is 0 Å². The first kappa shape index (κ1) is 54.1. The minimum Gasteiger partial charge on any atom is -0.397 e. The highest BCUT2D eigenvalue weighted by atomic mass is 79.9. The lowest BCUT2D eigenvalue weighted by Gasteiger charge is -2.61. The third kappa shape index (κ3) is 9.55. The zero-order valence-corrected chi connectivity index (χ0v) is 40.6. The Labute approximate surface area is 407 Å². The van der Waals surface area contributed by atoms with Gasteiger partial charge < -0.3 is 24.6 Å². The van der Waals surface area contributed by atoms with Gasteiger partial charge in [-0.3, -0.25) is 9.59 Å². The molecule has 10 nitrogen and oxygen atoms in total. The smallest absolute Gasteiger partial charge is 0.336 e. The summed E-state index contributed by atoms with van der Waals surface area (Å²) in [4.78, 5) is 39.2. The molecular formula is C55H87BrN6O4. The van der Waals surface area contributed by atoms with E-state index >= 15 is 0 Å². The fourth-order valence-corrected chi connectivity index (χ4v) is 17.6. The molecule has 8 saturated carbocycles. The van der Waals surface area contributed by atoms with Gasteiger partial charge in [-0.15, -0.1) is 6.57 Å². The van der Waals surface area contributed by atoms with Crippen molar-refractivity contribution >= 4 is 33.4 Å². The van der Waals surface area contributed by atoms with Crippen LogP contribution >= 0.6 is 15.9 Å². The second-order valence-electron chi connectivity index (χ2n) is 23.6. The molecule has 8 aliphatic rings. The number of aromatic amines is 1. The van der Waals surface area contributed by atoms with Gasteiger partial charge in [0.1, 0.15) is 18.0 Å². The lowest BCUT2D eigenvalue weighted by atomic mass is 9.44. The second kappa shape index (κ2) is 20.2. The molecule has 0 aromatic carbocycles. The molecule has 0 bridgehead atoms. The molecular weight excluding hydrogens is 889 g/mol. The number of nitrogens with one attached hydrogen (secondary N) is 1. The predicted molar refractivity (Wildman–Crippen MR) is 267 cm³/mol. The van der Waals surface area contributed by atoms with Gasteiger partial charge in [-0.25, -0.2) is 4.98 Å². The summed E-state index contributed by atoms with van der Waals surface area (Å²) in [7, 11) is 0. The standard InChI is InChI=1S/C26H37N3O2.C22H35BrO2.C4H3N3.3CH4/c1-24(31)10-11-25(2)17(14-24)4-5-18-19-6-7-21(26(19,3)9-8-20(18)25)22(30)16-29-13-12-28-23(29)15-27;1-20(25)10-11-21(2)14(12-20)4-5-15-16-6-7-18(19(24)13-23)22(16,3)9-8-17(15)21;1-5-4-6-2-3-7-4;;;/h12-13,17-21,31H,4-11,14,16H2,1-3H3;14-18,25H,4-13H2,1-3H3;2-3H,(H,6,7);3*1H4/t17-,18+,19+,20+,21-,24-,25+,26+;14-,15+,16+,17+,18-,20-,21+,22+;;;;/m11..../s1. The molecule has 2 aromatic rings. The third-order valence-corrected chi connectivity index (χ3v) is 21.1. The van der Waals surface area contributed by atoms with Crippen LogP contribution in [0, 0.1) is 98.7 Å². The largest absolute Gasteiger partial charge is 0.397 e. The summed E-state index contributed by atoms with van der Waals surface area (Å²) in [5.74, 6) is 7.62. The van der Waals surface area contributed by atoms with E-state index in [1.807, 2.05) is 13.8 Å². The van der Waals surface area contributed by atoms with Crippen LogP contribution in [-0.2, 0) is 16.1 Å². The number of hydrogen-bond donors (Lipinski definition) is 3. The molecule has 2 aromatic heterocycles. The summed E-state index contributed by atoms with van der Waals surface area (Å²) in [6.45, 7) is 20.6. The number of nitriles is 1. The maximum absolute atomic E-state index is 13.4. The number of carbonyl (C=O) groups excluding carboxylic acids is 2. The maximum atomic E-state index is 13.4. The fraction of sp³-hybridized carbons (Fsp3) is 0.818. The lowest BCUT2D eigenvalue weighted by molar-refractivity contribution is -0.151. The molecule has 16 atom stereocenters. The number of halogens is 1. The molecule has 8 fully saturated rings. The Morgan fingerprint density at radius 3 is 1.62 bits per heavy atom. The van der Waals surface area contributed by atoms with Gasteiger partial charge >= 0.3 is 5.95 Å². The highest BCUT2D eigenvalue weighted by molar-refractivity contribution is 9.09. The minimum absolute atomic E-state index is 0. The molecule has 8 aliphatic carbocycles. The van der Waals surface area contributed by atoms with E-state index in [4.69, 9.17) is 6.57 Å². The van der Waals surface area contributed by atoms with Crippen molar-refractivity contribution in [2.75, 3.05) is 5.33 Å². The van der Waals surface area contributed by atoms with Crippen molar-refractivity contribution in [3.05, 3.63) is 42.0 Å².